The zero-order valence-corrected chi connectivity index (χ0v) is 6.01. The Balaban J connectivity index is 2.18. The summed E-state index contributed by atoms with van der Waals surface area (Å²) in [5.74, 6) is 0.393. The Hall–Kier alpha value is -0.850. The van der Waals surface area contributed by atoms with Crippen molar-refractivity contribution in [3.63, 3.8) is 0 Å². The first kappa shape index (κ1) is 6.84. The Bertz CT molecular complexity index is 243. The second-order valence-electron chi connectivity index (χ2n) is 3.26. The van der Waals surface area contributed by atoms with Crippen molar-refractivity contribution in [1.29, 1.82) is 5.26 Å². The van der Waals surface area contributed by atoms with Crippen LogP contribution in [0.1, 0.15) is 0 Å². The lowest BCUT2D eigenvalue weighted by Gasteiger charge is -2.17. The highest BCUT2D eigenvalue weighted by molar-refractivity contribution is 5.25. The molecule has 0 aromatic heterocycles. The summed E-state index contributed by atoms with van der Waals surface area (Å²) in [4.78, 5) is 0. The largest absolute Gasteiger partial charge is 0.391 e. The average Bonchev–Trinajstić information content (AvgIpc) is 2.71. The Morgan fingerprint density at radius 2 is 2.18 bits per heavy atom. The zero-order valence-electron chi connectivity index (χ0n) is 6.01. The molecule has 1 fully saturated rings. The van der Waals surface area contributed by atoms with Crippen LogP contribution in [-0.2, 0) is 0 Å². The molecule has 1 saturated carbocycles. The fourth-order valence-electron chi connectivity index (χ4n) is 1.85. The van der Waals surface area contributed by atoms with Gasteiger partial charge in [-0.25, -0.2) is 0 Å². The summed E-state index contributed by atoms with van der Waals surface area (Å²) in [6, 6.07) is 1.90. The van der Waals surface area contributed by atoms with Gasteiger partial charge in [0.1, 0.15) is 0 Å². The zero-order chi connectivity index (χ0) is 8.01. The Morgan fingerprint density at radius 1 is 1.45 bits per heavy atom. The number of hydrogen-bond acceptors (Lipinski definition) is 3. The Labute approximate surface area is 65.1 Å². The van der Waals surface area contributed by atoms with Crippen molar-refractivity contribution in [2.75, 3.05) is 0 Å². The van der Waals surface area contributed by atoms with Crippen molar-refractivity contribution >= 4 is 0 Å². The van der Waals surface area contributed by atoms with E-state index in [2.05, 4.69) is 6.07 Å². The van der Waals surface area contributed by atoms with Crippen molar-refractivity contribution in [2.45, 2.75) is 12.1 Å². The SMILES string of the molecule is N#CC1C2C=CC(N)C(O)C12. The van der Waals surface area contributed by atoms with Crippen LogP contribution in [0.2, 0.25) is 0 Å². The number of nitrogens with two attached hydrogens (primary N) is 1. The standard InChI is InChI=1S/C8H10N2O/c9-3-5-4-1-2-6(10)8(11)7(4)5/h1-2,4-8,11H,10H2. The molecule has 0 aromatic rings. The molecule has 0 radical (unpaired) electrons. The predicted octanol–water partition coefficient (Wildman–Crippen LogP) is -0.370. The van der Waals surface area contributed by atoms with Crippen LogP contribution in [0.3, 0.4) is 0 Å². The van der Waals surface area contributed by atoms with E-state index in [4.69, 9.17) is 11.0 Å². The summed E-state index contributed by atoms with van der Waals surface area (Å²) in [7, 11) is 0. The molecule has 0 aliphatic heterocycles. The quantitative estimate of drug-likeness (QED) is 0.463. The van der Waals surface area contributed by atoms with Crippen LogP contribution in [0.4, 0.5) is 0 Å². The maximum atomic E-state index is 9.46. The molecule has 0 bridgehead atoms. The van der Waals surface area contributed by atoms with E-state index in [-0.39, 0.29) is 23.8 Å². The minimum atomic E-state index is -0.505. The summed E-state index contributed by atoms with van der Waals surface area (Å²) in [6.45, 7) is 0. The van der Waals surface area contributed by atoms with Crippen molar-refractivity contribution in [1.82, 2.24) is 0 Å². The van der Waals surface area contributed by atoms with Crippen LogP contribution in [-0.4, -0.2) is 17.3 Å². The van der Waals surface area contributed by atoms with Crippen LogP contribution in [0.15, 0.2) is 12.2 Å². The van der Waals surface area contributed by atoms with E-state index in [1.165, 1.54) is 0 Å². The number of rotatable bonds is 0. The van der Waals surface area contributed by atoms with Gasteiger partial charge in [-0.1, -0.05) is 12.2 Å². The molecule has 2 aliphatic rings. The molecule has 3 heteroatoms. The van der Waals surface area contributed by atoms with Crippen LogP contribution >= 0.6 is 0 Å². The van der Waals surface area contributed by atoms with Gasteiger partial charge in [0.2, 0.25) is 0 Å². The van der Waals surface area contributed by atoms with Crippen molar-refractivity contribution in [2.24, 2.45) is 23.5 Å². The Morgan fingerprint density at radius 3 is 2.82 bits per heavy atom. The molecule has 3 nitrogen and oxygen atoms in total. The van der Waals surface area contributed by atoms with E-state index in [0.29, 0.717) is 0 Å². The second-order valence-corrected chi connectivity index (χ2v) is 3.26. The molecule has 0 heterocycles. The molecule has 0 saturated heterocycles. The van der Waals surface area contributed by atoms with Crippen molar-refractivity contribution in [3.8, 4) is 6.07 Å². The van der Waals surface area contributed by atoms with E-state index in [1.807, 2.05) is 6.08 Å². The van der Waals surface area contributed by atoms with E-state index in [1.54, 1.807) is 6.08 Å². The number of aliphatic hydroxyl groups is 1. The molecule has 5 atom stereocenters. The minimum absolute atomic E-state index is 0.00907. The highest BCUT2D eigenvalue weighted by Gasteiger charge is 2.55. The smallest absolute Gasteiger partial charge is 0.0773 e. The number of nitrogens with zero attached hydrogens (tertiary/aromatic N) is 1. The van der Waals surface area contributed by atoms with E-state index in [9.17, 15) is 5.11 Å². The molecular formula is C8H10N2O. The summed E-state index contributed by atoms with van der Waals surface area (Å²) in [6.07, 6.45) is 3.24. The number of aliphatic hydroxyl groups excluding tert-OH is 1. The van der Waals surface area contributed by atoms with Gasteiger partial charge >= 0.3 is 0 Å². The highest BCUT2D eigenvalue weighted by atomic mass is 16.3. The number of fused-ring (bicyclic) bond motifs is 1. The molecule has 58 valence electrons. The summed E-state index contributed by atoms with van der Waals surface area (Å²) in [5.41, 5.74) is 5.57. The van der Waals surface area contributed by atoms with Gasteiger partial charge in [0.15, 0.2) is 0 Å². The van der Waals surface area contributed by atoms with Crippen LogP contribution < -0.4 is 5.73 Å². The topological polar surface area (TPSA) is 70.0 Å². The lowest BCUT2D eigenvalue weighted by atomic mass is 10.0. The van der Waals surface area contributed by atoms with Gasteiger partial charge in [-0.2, -0.15) is 5.26 Å². The van der Waals surface area contributed by atoms with Crippen LogP contribution in [0.5, 0.6) is 0 Å². The van der Waals surface area contributed by atoms with Crippen molar-refractivity contribution in [3.05, 3.63) is 12.2 Å². The molecule has 2 aliphatic carbocycles. The van der Waals surface area contributed by atoms with Gasteiger partial charge in [0, 0.05) is 12.0 Å². The van der Waals surface area contributed by atoms with Gasteiger partial charge in [-0.05, 0) is 5.92 Å². The minimum Gasteiger partial charge on any atom is -0.391 e. The second kappa shape index (κ2) is 2.07. The average molecular weight is 150 g/mol. The molecule has 2 rings (SSSR count). The molecule has 0 spiro atoms. The third-order valence-corrected chi connectivity index (χ3v) is 2.63. The van der Waals surface area contributed by atoms with Gasteiger partial charge in [0.25, 0.3) is 0 Å². The number of hydrogen-bond donors (Lipinski definition) is 2. The third kappa shape index (κ3) is 0.802. The van der Waals surface area contributed by atoms with Crippen LogP contribution in [0, 0.1) is 29.1 Å². The van der Waals surface area contributed by atoms with E-state index in [0.717, 1.165) is 0 Å². The lowest BCUT2D eigenvalue weighted by molar-refractivity contribution is 0.127. The fourth-order valence-corrected chi connectivity index (χ4v) is 1.85. The Kier molecular flexibility index (Phi) is 1.28. The lowest BCUT2D eigenvalue weighted by Crippen LogP contribution is -2.36. The summed E-state index contributed by atoms with van der Waals surface area (Å²) in [5, 5.41) is 18.1. The first-order chi connectivity index (χ1) is 5.25. The molecular weight excluding hydrogens is 140 g/mol. The first-order valence-electron chi connectivity index (χ1n) is 3.77. The number of allylic oxidation sites excluding steroid dienone is 1. The van der Waals surface area contributed by atoms with E-state index < -0.39 is 6.10 Å². The monoisotopic (exact) mass is 150 g/mol. The first-order valence-corrected chi connectivity index (χ1v) is 3.77. The molecule has 3 N–H and O–H groups in total. The van der Waals surface area contributed by atoms with Gasteiger partial charge in [-0.15, -0.1) is 0 Å². The molecule has 5 unspecified atom stereocenters. The molecule has 0 amide bonds. The maximum absolute atomic E-state index is 9.46. The fraction of sp³-hybridized carbons (Fsp3) is 0.625. The number of nitriles is 1. The van der Waals surface area contributed by atoms with E-state index >= 15 is 0 Å². The van der Waals surface area contributed by atoms with Gasteiger partial charge in [-0.3, -0.25) is 0 Å². The maximum Gasteiger partial charge on any atom is 0.0773 e. The van der Waals surface area contributed by atoms with Crippen molar-refractivity contribution < 1.29 is 5.11 Å². The van der Waals surface area contributed by atoms with Gasteiger partial charge in [0.05, 0.1) is 18.1 Å². The third-order valence-electron chi connectivity index (χ3n) is 2.63. The predicted molar refractivity (Wildman–Crippen MR) is 39.2 cm³/mol. The van der Waals surface area contributed by atoms with Crippen LogP contribution in [0.25, 0.3) is 0 Å². The highest BCUT2D eigenvalue weighted by Crippen LogP contribution is 2.51. The molecule has 0 aromatic carbocycles. The summed E-state index contributed by atoms with van der Waals surface area (Å²) < 4.78 is 0. The molecule has 11 heavy (non-hydrogen) atoms. The van der Waals surface area contributed by atoms with Gasteiger partial charge < -0.3 is 10.8 Å². The summed E-state index contributed by atoms with van der Waals surface area (Å²) >= 11 is 0. The normalized spacial score (nSPS) is 53.0.